The number of hydrogen-bond donors (Lipinski definition) is 1. The van der Waals surface area contributed by atoms with Crippen LogP contribution in [-0.4, -0.2) is 20.8 Å². The standard InChI is InChI=1S/C14H20FNO2/c1-14(5-4-6-16-14)11-7-10(9-17-2)13(18-3)8-12(11)15/h7-8,16H,4-6,9H2,1-3H3. The van der Waals surface area contributed by atoms with Gasteiger partial charge in [0.1, 0.15) is 11.6 Å². The van der Waals surface area contributed by atoms with E-state index in [1.165, 1.54) is 6.07 Å². The van der Waals surface area contributed by atoms with Gasteiger partial charge in [0.05, 0.1) is 13.7 Å². The molecular formula is C14H20FNO2. The van der Waals surface area contributed by atoms with Crippen LogP contribution >= 0.6 is 0 Å². The molecule has 0 aliphatic carbocycles. The maximum Gasteiger partial charge on any atom is 0.131 e. The lowest BCUT2D eigenvalue weighted by atomic mass is 9.88. The summed E-state index contributed by atoms with van der Waals surface area (Å²) >= 11 is 0. The van der Waals surface area contributed by atoms with Crippen molar-refractivity contribution in [3.8, 4) is 5.75 Å². The van der Waals surface area contributed by atoms with Crippen molar-refractivity contribution in [1.29, 1.82) is 0 Å². The van der Waals surface area contributed by atoms with Crippen LogP contribution in [0.1, 0.15) is 30.9 Å². The number of nitrogens with one attached hydrogen (secondary N) is 1. The van der Waals surface area contributed by atoms with Crippen LogP contribution in [0.2, 0.25) is 0 Å². The number of rotatable bonds is 4. The lowest BCUT2D eigenvalue weighted by Gasteiger charge is -2.26. The highest BCUT2D eigenvalue weighted by Gasteiger charge is 2.33. The first-order chi connectivity index (χ1) is 8.60. The predicted molar refractivity (Wildman–Crippen MR) is 68.3 cm³/mol. The zero-order valence-corrected chi connectivity index (χ0v) is 11.2. The highest BCUT2D eigenvalue weighted by molar-refractivity contribution is 5.41. The average molecular weight is 253 g/mol. The monoisotopic (exact) mass is 253 g/mol. The van der Waals surface area contributed by atoms with Gasteiger partial charge in [0, 0.05) is 29.8 Å². The normalized spacial score (nSPS) is 23.3. The van der Waals surface area contributed by atoms with Gasteiger partial charge in [-0.1, -0.05) is 0 Å². The lowest BCUT2D eigenvalue weighted by Crippen LogP contribution is -2.34. The summed E-state index contributed by atoms with van der Waals surface area (Å²) in [5.41, 5.74) is 1.30. The lowest BCUT2D eigenvalue weighted by molar-refractivity contribution is 0.181. The summed E-state index contributed by atoms with van der Waals surface area (Å²) in [6, 6.07) is 3.31. The van der Waals surface area contributed by atoms with Gasteiger partial charge in [-0.15, -0.1) is 0 Å². The minimum atomic E-state index is -0.279. The Balaban J connectivity index is 2.44. The summed E-state index contributed by atoms with van der Waals surface area (Å²) in [6.45, 7) is 3.40. The van der Waals surface area contributed by atoms with E-state index in [1.54, 1.807) is 14.2 Å². The van der Waals surface area contributed by atoms with Crippen LogP contribution in [0.5, 0.6) is 5.75 Å². The Morgan fingerprint density at radius 1 is 1.39 bits per heavy atom. The molecule has 1 unspecified atom stereocenters. The Hall–Kier alpha value is -1.13. The van der Waals surface area contributed by atoms with Crippen LogP contribution < -0.4 is 10.1 Å². The minimum absolute atomic E-state index is 0.219. The average Bonchev–Trinajstić information content (AvgIpc) is 2.79. The minimum Gasteiger partial charge on any atom is -0.496 e. The van der Waals surface area contributed by atoms with E-state index in [9.17, 15) is 4.39 Å². The molecular weight excluding hydrogens is 233 g/mol. The van der Waals surface area contributed by atoms with Crippen molar-refractivity contribution in [3.05, 3.63) is 29.1 Å². The summed E-state index contributed by atoms with van der Waals surface area (Å²) in [4.78, 5) is 0. The molecule has 1 saturated heterocycles. The predicted octanol–water partition coefficient (Wildman–Crippen LogP) is 2.58. The molecule has 100 valence electrons. The highest BCUT2D eigenvalue weighted by atomic mass is 19.1. The molecule has 1 aromatic rings. The van der Waals surface area contributed by atoms with Crippen molar-refractivity contribution in [2.75, 3.05) is 20.8 Å². The number of methoxy groups -OCH3 is 2. The third-order valence-corrected chi connectivity index (χ3v) is 3.63. The van der Waals surface area contributed by atoms with E-state index >= 15 is 0 Å². The van der Waals surface area contributed by atoms with E-state index in [1.807, 2.05) is 13.0 Å². The van der Waals surface area contributed by atoms with Crippen molar-refractivity contribution in [1.82, 2.24) is 5.32 Å². The zero-order chi connectivity index (χ0) is 13.2. The molecule has 0 saturated carbocycles. The molecule has 1 aliphatic heterocycles. The van der Waals surface area contributed by atoms with Gasteiger partial charge in [-0.2, -0.15) is 0 Å². The van der Waals surface area contributed by atoms with E-state index in [4.69, 9.17) is 9.47 Å². The first-order valence-electron chi connectivity index (χ1n) is 6.21. The molecule has 1 fully saturated rings. The van der Waals surface area contributed by atoms with Gasteiger partial charge in [0.25, 0.3) is 0 Å². The topological polar surface area (TPSA) is 30.5 Å². The van der Waals surface area contributed by atoms with E-state index < -0.39 is 0 Å². The first kappa shape index (κ1) is 13.3. The molecule has 0 amide bonds. The molecule has 18 heavy (non-hydrogen) atoms. The fourth-order valence-corrected chi connectivity index (χ4v) is 2.61. The molecule has 0 aromatic heterocycles. The van der Waals surface area contributed by atoms with Gasteiger partial charge < -0.3 is 14.8 Å². The molecule has 2 rings (SSSR count). The van der Waals surface area contributed by atoms with Gasteiger partial charge in [-0.25, -0.2) is 4.39 Å². The summed E-state index contributed by atoms with van der Waals surface area (Å²) in [7, 11) is 3.17. The molecule has 1 heterocycles. The van der Waals surface area contributed by atoms with Crippen LogP contribution in [0.25, 0.3) is 0 Å². The zero-order valence-electron chi connectivity index (χ0n) is 11.2. The fourth-order valence-electron chi connectivity index (χ4n) is 2.61. The van der Waals surface area contributed by atoms with E-state index in [0.717, 1.165) is 24.9 Å². The fraction of sp³-hybridized carbons (Fsp3) is 0.571. The molecule has 1 N–H and O–H groups in total. The van der Waals surface area contributed by atoms with Gasteiger partial charge in [0.15, 0.2) is 0 Å². The van der Waals surface area contributed by atoms with E-state index in [0.29, 0.717) is 17.9 Å². The van der Waals surface area contributed by atoms with Crippen molar-refractivity contribution in [3.63, 3.8) is 0 Å². The molecule has 1 atom stereocenters. The maximum atomic E-state index is 14.2. The smallest absolute Gasteiger partial charge is 0.131 e. The quantitative estimate of drug-likeness (QED) is 0.894. The van der Waals surface area contributed by atoms with Crippen LogP contribution in [0.4, 0.5) is 4.39 Å². The summed E-state index contributed by atoms with van der Waals surface area (Å²) in [6.07, 6.45) is 2.02. The van der Waals surface area contributed by atoms with Crippen LogP contribution in [0, 0.1) is 5.82 Å². The third kappa shape index (κ3) is 2.35. The van der Waals surface area contributed by atoms with Crippen LogP contribution in [0.3, 0.4) is 0 Å². The third-order valence-electron chi connectivity index (χ3n) is 3.63. The Bertz CT molecular complexity index is 428. The molecule has 0 bridgehead atoms. The van der Waals surface area contributed by atoms with Crippen molar-refractivity contribution in [2.24, 2.45) is 0 Å². The summed E-state index contributed by atoms with van der Waals surface area (Å²) in [5, 5.41) is 3.38. The first-order valence-corrected chi connectivity index (χ1v) is 6.21. The molecule has 1 aromatic carbocycles. The van der Waals surface area contributed by atoms with Gasteiger partial charge in [-0.3, -0.25) is 0 Å². The summed E-state index contributed by atoms with van der Waals surface area (Å²) < 4.78 is 24.5. The second kappa shape index (κ2) is 5.24. The maximum absolute atomic E-state index is 14.2. The highest BCUT2D eigenvalue weighted by Crippen LogP contribution is 2.35. The van der Waals surface area contributed by atoms with Crippen molar-refractivity contribution < 1.29 is 13.9 Å². The molecule has 3 nitrogen and oxygen atoms in total. The molecule has 0 spiro atoms. The Morgan fingerprint density at radius 3 is 2.72 bits per heavy atom. The summed E-state index contributed by atoms with van der Waals surface area (Å²) in [5.74, 6) is 0.323. The van der Waals surface area contributed by atoms with Gasteiger partial charge in [0.2, 0.25) is 0 Å². The number of halogens is 1. The number of ether oxygens (including phenoxy) is 2. The Kier molecular flexibility index (Phi) is 3.88. The van der Waals surface area contributed by atoms with Gasteiger partial charge in [-0.05, 0) is 32.4 Å². The Morgan fingerprint density at radius 2 is 2.17 bits per heavy atom. The Labute approximate surface area is 107 Å². The molecule has 0 radical (unpaired) electrons. The van der Waals surface area contributed by atoms with Crippen LogP contribution in [0.15, 0.2) is 12.1 Å². The molecule has 4 heteroatoms. The van der Waals surface area contributed by atoms with Gasteiger partial charge >= 0.3 is 0 Å². The number of hydrogen-bond acceptors (Lipinski definition) is 3. The van der Waals surface area contributed by atoms with E-state index in [-0.39, 0.29) is 11.4 Å². The second-order valence-electron chi connectivity index (χ2n) is 4.94. The van der Waals surface area contributed by atoms with Crippen molar-refractivity contribution in [2.45, 2.75) is 31.9 Å². The SMILES string of the molecule is COCc1cc(C2(C)CCCN2)c(F)cc1OC. The second-order valence-corrected chi connectivity index (χ2v) is 4.94. The molecule has 1 aliphatic rings. The van der Waals surface area contributed by atoms with Crippen LogP contribution in [-0.2, 0) is 16.9 Å². The van der Waals surface area contributed by atoms with E-state index in [2.05, 4.69) is 5.32 Å². The largest absolute Gasteiger partial charge is 0.496 e. The van der Waals surface area contributed by atoms with Crippen molar-refractivity contribution >= 4 is 0 Å². The number of benzene rings is 1.